The van der Waals surface area contributed by atoms with E-state index in [4.69, 9.17) is 0 Å². The molecule has 0 saturated heterocycles. The summed E-state index contributed by atoms with van der Waals surface area (Å²) < 4.78 is 0. The molecule has 2 nitrogen and oxygen atoms in total. The summed E-state index contributed by atoms with van der Waals surface area (Å²) in [6, 6.07) is 0. The van der Waals surface area contributed by atoms with Gasteiger partial charge >= 0.3 is 18.9 Å². The molecule has 0 atom stereocenters. The van der Waals surface area contributed by atoms with Crippen LogP contribution < -0.4 is 24.0 Å². The van der Waals surface area contributed by atoms with Crippen molar-refractivity contribution in [2.75, 3.05) is 0 Å². The second kappa shape index (κ2) is 22.1. The van der Waals surface area contributed by atoms with Crippen molar-refractivity contribution in [3.05, 3.63) is 0 Å². The van der Waals surface area contributed by atoms with E-state index in [9.17, 15) is 9.90 Å². The first-order valence-corrected chi connectivity index (χ1v) is 9.97. The summed E-state index contributed by atoms with van der Waals surface area (Å²) in [5.74, 6) is -0.902. The Kier molecular flexibility index (Phi) is 24.3. The first kappa shape index (κ1) is 25.3. The monoisotopic (exact) mass is 318 g/mol. The Morgan fingerprint density at radius 2 is 0.826 bits per heavy atom. The van der Waals surface area contributed by atoms with Gasteiger partial charge in [-0.2, -0.15) is 0 Å². The fourth-order valence-corrected chi connectivity index (χ4v) is 2.99. The van der Waals surface area contributed by atoms with Crippen LogP contribution >= 0.6 is 0 Å². The van der Waals surface area contributed by atoms with Crippen LogP contribution in [0.1, 0.15) is 122 Å². The second-order valence-electron chi connectivity index (χ2n) is 6.78. The first-order valence-electron chi connectivity index (χ1n) is 9.97. The maximum Gasteiger partial charge on any atom is 1.00 e. The Labute approximate surface area is 157 Å². The summed E-state index contributed by atoms with van der Waals surface area (Å²) in [5, 5.41) is 10.2. The maximum absolute atomic E-state index is 10.2. The number of rotatable bonds is 18. The number of hydrogen-bond donors (Lipinski definition) is 0. The minimum absolute atomic E-state index is 0. The van der Waals surface area contributed by atoms with Crippen molar-refractivity contribution in [2.24, 2.45) is 0 Å². The Bertz CT molecular complexity index is 232. The molecule has 23 heavy (non-hydrogen) atoms. The third kappa shape index (κ3) is 24.4. The second-order valence-corrected chi connectivity index (χ2v) is 6.78. The number of carboxylic acids is 1. The smallest absolute Gasteiger partial charge is 0.550 e. The van der Waals surface area contributed by atoms with E-state index in [1.54, 1.807) is 0 Å². The van der Waals surface area contributed by atoms with E-state index in [1.165, 1.54) is 96.3 Å². The minimum atomic E-state index is -0.902. The number of carboxylic acid groups (broad SMARTS) is 1. The average molecular weight is 318 g/mol. The summed E-state index contributed by atoms with van der Waals surface area (Å²) in [6.45, 7) is 2.27. The summed E-state index contributed by atoms with van der Waals surface area (Å²) >= 11 is 0. The number of carbonyl (C=O) groups excluding carboxylic acids is 1. The van der Waals surface area contributed by atoms with Gasteiger partial charge in [-0.3, -0.25) is 0 Å². The van der Waals surface area contributed by atoms with Crippen LogP contribution in [0.4, 0.5) is 0 Å². The standard InChI is InChI=1S/C20H40O2.Li/c1-2-3-4-5-6-7-8-9-10-11-12-13-14-15-16-17-18-19-20(21)22;/h2-19H2,1H3,(H,21,22);/q;+1/p-1. The van der Waals surface area contributed by atoms with Gasteiger partial charge in [0.25, 0.3) is 0 Å². The van der Waals surface area contributed by atoms with Crippen LogP contribution in [-0.2, 0) is 4.79 Å². The van der Waals surface area contributed by atoms with Gasteiger partial charge < -0.3 is 9.90 Å². The molecular weight excluding hydrogens is 279 g/mol. The molecule has 0 aliphatic carbocycles. The number of aliphatic carboxylic acids is 1. The van der Waals surface area contributed by atoms with Gasteiger partial charge in [-0.1, -0.05) is 110 Å². The molecule has 0 spiro atoms. The van der Waals surface area contributed by atoms with E-state index in [-0.39, 0.29) is 25.3 Å². The molecule has 132 valence electrons. The molecule has 0 aromatic carbocycles. The number of carbonyl (C=O) groups is 1. The summed E-state index contributed by atoms with van der Waals surface area (Å²) in [7, 11) is 0. The molecule has 0 aromatic heterocycles. The molecule has 0 amide bonds. The Hall–Kier alpha value is 0.0674. The average Bonchev–Trinajstić information content (AvgIpc) is 2.50. The summed E-state index contributed by atoms with van der Waals surface area (Å²) in [5.41, 5.74) is 0. The quantitative estimate of drug-likeness (QED) is 0.288. The molecule has 0 aliphatic heterocycles. The summed E-state index contributed by atoms with van der Waals surface area (Å²) in [6.07, 6.45) is 22.8. The molecule has 0 bridgehead atoms. The molecule has 0 saturated carbocycles. The molecular formula is C20H39LiO2. The zero-order valence-corrected chi connectivity index (χ0v) is 16.0. The van der Waals surface area contributed by atoms with Crippen LogP contribution in [0.25, 0.3) is 0 Å². The Morgan fingerprint density at radius 3 is 1.09 bits per heavy atom. The van der Waals surface area contributed by atoms with E-state index in [1.807, 2.05) is 0 Å². The van der Waals surface area contributed by atoms with Crippen molar-refractivity contribution < 1.29 is 28.8 Å². The molecule has 0 rings (SSSR count). The van der Waals surface area contributed by atoms with Crippen LogP contribution in [0, 0.1) is 0 Å². The zero-order chi connectivity index (χ0) is 16.3. The first-order chi connectivity index (χ1) is 10.8. The predicted octanol–water partition coefficient (Wildman–Crippen LogP) is 2.78. The number of hydrogen-bond acceptors (Lipinski definition) is 2. The minimum Gasteiger partial charge on any atom is -0.550 e. The van der Waals surface area contributed by atoms with E-state index < -0.39 is 5.97 Å². The van der Waals surface area contributed by atoms with Gasteiger partial charge in [-0.05, 0) is 12.8 Å². The Balaban J connectivity index is 0. The number of unbranched alkanes of at least 4 members (excludes halogenated alkanes) is 16. The van der Waals surface area contributed by atoms with Crippen molar-refractivity contribution in [3.63, 3.8) is 0 Å². The van der Waals surface area contributed by atoms with E-state index in [0.717, 1.165) is 12.8 Å². The third-order valence-corrected chi connectivity index (χ3v) is 4.48. The van der Waals surface area contributed by atoms with Gasteiger partial charge in [0.1, 0.15) is 0 Å². The predicted molar refractivity (Wildman–Crippen MR) is 93.8 cm³/mol. The molecule has 0 fully saturated rings. The van der Waals surface area contributed by atoms with Crippen LogP contribution in [0.5, 0.6) is 0 Å². The largest absolute Gasteiger partial charge is 1.00 e. The topological polar surface area (TPSA) is 40.1 Å². The molecule has 0 aromatic rings. The fourth-order valence-electron chi connectivity index (χ4n) is 2.99. The van der Waals surface area contributed by atoms with Gasteiger partial charge in [0.2, 0.25) is 0 Å². The van der Waals surface area contributed by atoms with Crippen molar-refractivity contribution in [1.82, 2.24) is 0 Å². The molecule has 0 unspecified atom stereocenters. The molecule has 3 heteroatoms. The van der Waals surface area contributed by atoms with Crippen molar-refractivity contribution in [2.45, 2.75) is 122 Å². The van der Waals surface area contributed by atoms with Crippen molar-refractivity contribution in [3.8, 4) is 0 Å². The maximum atomic E-state index is 10.2. The van der Waals surface area contributed by atoms with Crippen molar-refractivity contribution in [1.29, 1.82) is 0 Å². The van der Waals surface area contributed by atoms with Crippen molar-refractivity contribution >= 4 is 5.97 Å². The SMILES string of the molecule is CCCCCCCCCCCCCCCCCCCC(=O)[O-].[Li+]. The molecule has 0 N–H and O–H groups in total. The van der Waals surface area contributed by atoms with Crippen LogP contribution in [0.15, 0.2) is 0 Å². The summed E-state index contributed by atoms with van der Waals surface area (Å²) in [4.78, 5) is 10.2. The van der Waals surface area contributed by atoms with Crippen LogP contribution in [-0.4, -0.2) is 5.97 Å². The van der Waals surface area contributed by atoms with E-state index >= 15 is 0 Å². The third-order valence-electron chi connectivity index (χ3n) is 4.48. The fraction of sp³-hybridized carbons (Fsp3) is 0.950. The molecule has 0 radical (unpaired) electrons. The van der Waals surface area contributed by atoms with Gasteiger partial charge in [0.05, 0.1) is 0 Å². The van der Waals surface area contributed by atoms with Crippen LogP contribution in [0.2, 0.25) is 0 Å². The molecule has 0 aliphatic rings. The zero-order valence-electron chi connectivity index (χ0n) is 16.0. The van der Waals surface area contributed by atoms with Gasteiger partial charge in [0, 0.05) is 5.97 Å². The molecule has 0 heterocycles. The van der Waals surface area contributed by atoms with Crippen LogP contribution in [0.3, 0.4) is 0 Å². The van der Waals surface area contributed by atoms with Gasteiger partial charge in [-0.15, -0.1) is 0 Å². The van der Waals surface area contributed by atoms with Gasteiger partial charge in [0.15, 0.2) is 0 Å². The van der Waals surface area contributed by atoms with Gasteiger partial charge in [-0.25, -0.2) is 0 Å². The normalized spacial score (nSPS) is 10.5. The Morgan fingerprint density at radius 1 is 0.565 bits per heavy atom. The van der Waals surface area contributed by atoms with E-state index in [2.05, 4.69) is 6.92 Å². The van der Waals surface area contributed by atoms with E-state index in [0.29, 0.717) is 0 Å².